The Labute approximate surface area is 143 Å². The Balaban J connectivity index is 1.56. The predicted octanol–water partition coefficient (Wildman–Crippen LogP) is 0.125. The van der Waals surface area contributed by atoms with E-state index in [2.05, 4.69) is 19.2 Å². The van der Waals surface area contributed by atoms with E-state index in [4.69, 9.17) is 4.74 Å². The lowest BCUT2D eigenvalue weighted by Gasteiger charge is -2.66. The molecule has 7 atom stereocenters. The number of aliphatic hydroxyl groups excluding tert-OH is 4. The molecule has 5 rings (SSSR count). The van der Waals surface area contributed by atoms with Crippen LogP contribution >= 0.6 is 0 Å². The molecule has 0 aromatic heterocycles. The molecule has 1 saturated heterocycles. The first kappa shape index (κ1) is 17.2. The summed E-state index contributed by atoms with van der Waals surface area (Å²) in [5, 5.41) is 43.3. The van der Waals surface area contributed by atoms with E-state index in [1.165, 1.54) is 19.3 Å². The van der Waals surface area contributed by atoms with Crippen LogP contribution in [-0.2, 0) is 4.74 Å². The van der Waals surface area contributed by atoms with Gasteiger partial charge in [-0.05, 0) is 55.3 Å². The molecule has 0 amide bonds. The van der Waals surface area contributed by atoms with Crippen LogP contribution < -0.4 is 5.32 Å². The monoisotopic (exact) mass is 341 g/mol. The number of hydrogen-bond acceptors (Lipinski definition) is 6. The zero-order valence-corrected chi connectivity index (χ0v) is 14.6. The second kappa shape index (κ2) is 5.38. The molecule has 5 aliphatic rings. The summed E-state index contributed by atoms with van der Waals surface area (Å²) >= 11 is 0. The van der Waals surface area contributed by atoms with Gasteiger partial charge in [-0.25, -0.2) is 0 Å². The molecule has 0 aromatic carbocycles. The second-order valence-corrected chi connectivity index (χ2v) is 9.80. The molecule has 5 fully saturated rings. The van der Waals surface area contributed by atoms with Crippen molar-refractivity contribution in [2.24, 2.45) is 16.7 Å². The summed E-state index contributed by atoms with van der Waals surface area (Å²) in [6.07, 6.45) is 1.59. The van der Waals surface area contributed by atoms with Crippen molar-refractivity contribution in [1.29, 1.82) is 0 Å². The standard InChI is InChI=1S/C18H31NO5/c1-16-3-10-4-17(2,7-16)9-18(5-10,8-16)19-15-14(23)13(22)12(21)11(6-20)24-15/h10-15,19-23H,3-9H2,1-2H3/t10?,11-,12-,13+,14-,15-,16?,17?,18?/m1/s1. The molecular weight excluding hydrogens is 310 g/mol. The Morgan fingerprint density at radius 3 is 2.08 bits per heavy atom. The van der Waals surface area contributed by atoms with Gasteiger partial charge < -0.3 is 25.2 Å². The first-order valence-electron chi connectivity index (χ1n) is 9.25. The minimum Gasteiger partial charge on any atom is -0.394 e. The Hall–Kier alpha value is -0.240. The summed E-state index contributed by atoms with van der Waals surface area (Å²) in [5.74, 6) is 0.702. The molecule has 4 aliphatic carbocycles. The molecule has 1 aliphatic heterocycles. The quantitative estimate of drug-likeness (QED) is 0.500. The smallest absolute Gasteiger partial charge is 0.138 e. The van der Waals surface area contributed by atoms with Crippen LogP contribution in [0.3, 0.4) is 0 Å². The largest absolute Gasteiger partial charge is 0.394 e. The maximum absolute atomic E-state index is 10.4. The number of aliphatic hydroxyl groups is 4. The fourth-order valence-electron chi connectivity index (χ4n) is 7.13. The van der Waals surface area contributed by atoms with Crippen LogP contribution in [0, 0.1) is 16.7 Å². The molecule has 4 saturated carbocycles. The SMILES string of the molecule is CC12CC3CC(C)(C1)CC(N[C@@H]1O[C@H](CO)[C@@H](O)[C@H](O)[C@H]1O)(C3)C2. The van der Waals surface area contributed by atoms with Crippen LogP contribution in [0.1, 0.15) is 52.4 Å². The van der Waals surface area contributed by atoms with E-state index < -0.39 is 30.6 Å². The van der Waals surface area contributed by atoms with Crippen molar-refractivity contribution in [3.63, 3.8) is 0 Å². The van der Waals surface area contributed by atoms with Crippen molar-refractivity contribution in [2.45, 2.75) is 88.6 Å². The van der Waals surface area contributed by atoms with E-state index in [1.54, 1.807) is 0 Å². The molecule has 1 heterocycles. The first-order valence-corrected chi connectivity index (χ1v) is 9.25. The fraction of sp³-hybridized carbons (Fsp3) is 1.00. The Morgan fingerprint density at radius 1 is 0.917 bits per heavy atom. The van der Waals surface area contributed by atoms with Gasteiger partial charge in [0.05, 0.1) is 6.61 Å². The first-order chi connectivity index (χ1) is 11.2. The van der Waals surface area contributed by atoms with Crippen LogP contribution in [-0.4, -0.2) is 63.2 Å². The summed E-state index contributed by atoms with van der Waals surface area (Å²) in [6.45, 7) is 4.37. The highest BCUT2D eigenvalue weighted by molar-refractivity contribution is 5.15. The van der Waals surface area contributed by atoms with E-state index in [1.807, 2.05) is 0 Å². The van der Waals surface area contributed by atoms with Gasteiger partial charge in [0.2, 0.25) is 0 Å². The highest BCUT2D eigenvalue weighted by Gasteiger charge is 2.61. The maximum atomic E-state index is 10.4. The molecule has 0 aromatic rings. The maximum Gasteiger partial charge on any atom is 0.138 e. The molecule has 5 N–H and O–H groups in total. The zero-order chi connectivity index (χ0) is 17.3. The van der Waals surface area contributed by atoms with E-state index in [0.29, 0.717) is 16.7 Å². The van der Waals surface area contributed by atoms with E-state index in [0.717, 1.165) is 19.3 Å². The lowest BCUT2D eigenvalue weighted by atomic mass is 9.42. The third-order valence-electron chi connectivity index (χ3n) is 6.97. The van der Waals surface area contributed by atoms with Crippen LogP contribution in [0.4, 0.5) is 0 Å². The van der Waals surface area contributed by atoms with Gasteiger partial charge in [-0.1, -0.05) is 13.8 Å². The van der Waals surface area contributed by atoms with E-state index in [9.17, 15) is 20.4 Å². The number of rotatable bonds is 3. The molecule has 0 spiro atoms. The van der Waals surface area contributed by atoms with Crippen molar-refractivity contribution in [3.8, 4) is 0 Å². The molecular formula is C18H31NO5. The zero-order valence-electron chi connectivity index (χ0n) is 14.6. The van der Waals surface area contributed by atoms with Gasteiger partial charge in [0.15, 0.2) is 0 Å². The van der Waals surface area contributed by atoms with Crippen molar-refractivity contribution < 1.29 is 25.2 Å². The number of nitrogens with one attached hydrogen (secondary N) is 1. The van der Waals surface area contributed by atoms with Gasteiger partial charge in [0.25, 0.3) is 0 Å². The lowest BCUT2D eigenvalue weighted by Crippen LogP contribution is -2.71. The normalized spacial score (nSPS) is 59.8. The summed E-state index contributed by atoms with van der Waals surface area (Å²) in [7, 11) is 0. The summed E-state index contributed by atoms with van der Waals surface area (Å²) in [4.78, 5) is 0. The number of hydrogen-bond donors (Lipinski definition) is 5. The minimum atomic E-state index is -1.31. The Bertz CT molecular complexity index is 494. The van der Waals surface area contributed by atoms with Crippen molar-refractivity contribution in [2.75, 3.05) is 6.61 Å². The van der Waals surface area contributed by atoms with Crippen molar-refractivity contribution in [1.82, 2.24) is 5.32 Å². The van der Waals surface area contributed by atoms with Crippen molar-refractivity contribution in [3.05, 3.63) is 0 Å². The third-order valence-corrected chi connectivity index (χ3v) is 6.97. The molecule has 6 heteroatoms. The van der Waals surface area contributed by atoms with Gasteiger partial charge in [-0.3, -0.25) is 5.32 Å². The highest BCUT2D eigenvalue weighted by atomic mass is 16.6. The molecule has 2 unspecified atom stereocenters. The van der Waals surface area contributed by atoms with E-state index >= 15 is 0 Å². The minimum absolute atomic E-state index is 0.0867. The van der Waals surface area contributed by atoms with E-state index in [-0.39, 0.29) is 12.1 Å². The van der Waals surface area contributed by atoms with Crippen molar-refractivity contribution >= 4 is 0 Å². The molecule has 4 bridgehead atoms. The van der Waals surface area contributed by atoms with Crippen LogP contribution in [0.15, 0.2) is 0 Å². The Morgan fingerprint density at radius 2 is 1.54 bits per heavy atom. The summed E-state index contributed by atoms with van der Waals surface area (Å²) in [6, 6.07) is 0. The second-order valence-electron chi connectivity index (χ2n) is 9.80. The topological polar surface area (TPSA) is 102 Å². The highest BCUT2D eigenvalue weighted by Crippen LogP contribution is 2.66. The third kappa shape index (κ3) is 2.63. The molecule has 24 heavy (non-hydrogen) atoms. The van der Waals surface area contributed by atoms with Crippen LogP contribution in [0.2, 0.25) is 0 Å². The average Bonchev–Trinajstić information content (AvgIpc) is 2.44. The van der Waals surface area contributed by atoms with Gasteiger partial charge >= 0.3 is 0 Å². The van der Waals surface area contributed by atoms with Crippen LogP contribution in [0.25, 0.3) is 0 Å². The van der Waals surface area contributed by atoms with Crippen LogP contribution in [0.5, 0.6) is 0 Å². The van der Waals surface area contributed by atoms with Gasteiger partial charge in [-0.15, -0.1) is 0 Å². The summed E-state index contributed by atoms with van der Waals surface area (Å²) in [5.41, 5.74) is 0.571. The average molecular weight is 341 g/mol. The van der Waals surface area contributed by atoms with Gasteiger partial charge in [0.1, 0.15) is 30.6 Å². The molecule has 6 nitrogen and oxygen atoms in total. The lowest BCUT2D eigenvalue weighted by molar-refractivity contribution is -0.249. The Kier molecular flexibility index (Phi) is 3.85. The molecule has 138 valence electrons. The molecule has 0 radical (unpaired) electrons. The predicted molar refractivity (Wildman–Crippen MR) is 87.0 cm³/mol. The fourth-order valence-corrected chi connectivity index (χ4v) is 7.13. The van der Waals surface area contributed by atoms with Gasteiger partial charge in [-0.2, -0.15) is 0 Å². The summed E-state index contributed by atoms with van der Waals surface area (Å²) < 4.78 is 5.71. The number of ether oxygens (including phenoxy) is 1. The van der Waals surface area contributed by atoms with Gasteiger partial charge in [0, 0.05) is 5.54 Å².